The molecule has 26 heavy (non-hydrogen) atoms. The molecule has 0 spiro atoms. The molecule has 1 aromatic heterocycles. The highest BCUT2D eigenvalue weighted by Crippen LogP contribution is 2.29. The topological polar surface area (TPSA) is 22.6 Å². The summed E-state index contributed by atoms with van der Waals surface area (Å²) >= 11 is 0. The second kappa shape index (κ2) is 7.93. The average Bonchev–Trinajstić information content (AvgIpc) is 2.68. The molecule has 0 radical (unpaired) electrons. The molecule has 0 aliphatic carbocycles. The highest BCUT2D eigenvalue weighted by Gasteiger charge is 2.27. The van der Waals surface area contributed by atoms with Crippen molar-refractivity contribution in [2.24, 2.45) is 0 Å². The largest absolute Gasteiger partial charge is 0.368 e. The fourth-order valence-corrected chi connectivity index (χ4v) is 4.62. The minimum Gasteiger partial charge on any atom is -0.368 e. The Morgan fingerprint density at radius 3 is 2.65 bits per heavy atom. The Hall–Kier alpha value is -1.65. The zero-order valence-electron chi connectivity index (χ0n) is 16.3. The van der Waals surface area contributed by atoms with Crippen molar-refractivity contribution in [2.75, 3.05) is 51.2 Å². The Bertz CT molecular complexity index is 736. The van der Waals surface area contributed by atoms with Gasteiger partial charge >= 0.3 is 0 Å². The van der Waals surface area contributed by atoms with Crippen LogP contribution in [0.4, 0.5) is 5.69 Å². The number of benzene rings is 1. The van der Waals surface area contributed by atoms with E-state index in [1.165, 1.54) is 55.8 Å². The first-order chi connectivity index (χ1) is 12.7. The molecule has 0 amide bonds. The van der Waals surface area contributed by atoms with Crippen LogP contribution < -0.4 is 4.90 Å². The van der Waals surface area contributed by atoms with Gasteiger partial charge in [0.1, 0.15) is 0 Å². The van der Waals surface area contributed by atoms with Crippen LogP contribution in [0.15, 0.2) is 30.3 Å². The Kier molecular flexibility index (Phi) is 5.41. The maximum Gasteiger partial charge on any atom is 0.0726 e. The quantitative estimate of drug-likeness (QED) is 0.841. The number of likely N-dealkylation sites (N-methyl/N-ethyl adjacent to an activating group) is 1. The van der Waals surface area contributed by atoms with Gasteiger partial charge in [0, 0.05) is 55.5 Å². The van der Waals surface area contributed by atoms with Gasteiger partial charge in [-0.25, -0.2) is 0 Å². The third-order valence-corrected chi connectivity index (χ3v) is 6.02. The lowest BCUT2D eigenvalue weighted by Crippen LogP contribution is -2.54. The van der Waals surface area contributed by atoms with Crippen LogP contribution in [-0.4, -0.2) is 67.1 Å². The van der Waals surface area contributed by atoms with Gasteiger partial charge < -0.3 is 9.80 Å². The number of rotatable bonds is 4. The molecule has 1 unspecified atom stereocenters. The van der Waals surface area contributed by atoms with Gasteiger partial charge in [0.2, 0.25) is 0 Å². The molecule has 0 N–H and O–H groups in total. The molecule has 4 nitrogen and oxygen atoms in total. The number of anilines is 1. The first-order valence-electron chi connectivity index (χ1n) is 10.3. The third kappa shape index (κ3) is 3.72. The average molecular weight is 353 g/mol. The fourth-order valence-electron chi connectivity index (χ4n) is 4.62. The predicted molar refractivity (Wildman–Crippen MR) is 110 cm³/mol. The first kappa shape index (κ1) is 17.7. The van der Waals surface area contributed by atoms with Gasteiger partial charge in [-0.05, 0) is 45.0 Å². The van der Waals surface area contributed by atoms with Gasteiger partial charge in [0.15, 0.2) is 0 Å². The van der Waals surface area contributed by atoms with Crippen molar-refractivity contribution in [3.63, 3.8) is 0 Å². The van der Waals surface area contributed by atoms with Crippen LogP contribution in [0.5, 0.6) is 0 Å². The summed E-state index contributed by atoms with van der Waals surface area (Å²) in [6, 6.07) is 11.7. The van der Waals surface area contributed by atoms with E-state index in [0.29, 0.717) is 0 Å². The van der Waals surface area contributed by atoms with Crippen LogP contribution in [0, 0.1) is 0 Å². The number of fused-ring (bicyclic) bond motifs is 1. The van der Waals surface area contributed by atoms with Gasteiger partial charge in [0.25, 0.3) is 0 Å². The monoisotopic (exact) mass is 352 g/mol. The summed E-state index contributed by atoms with van der Waals surface area (Å²) in [6.07, 6.45) is 4.92. The second-order valence-electron chi connectivity index (χ2n) is 7.98. The van der Waals surface area contributed by atoms with Crippen LogP contribution in [0.3, 0.4) is 0 Å². The van der Waals surface area contributed by atoms with E-state index in [1.54, 1.807) is 0 Å². The second-order valence-corrected chi connectivity index (χ2v) is 7.98. The molecule has 2 aliphatic heterocycles. The van der Waals surface area contributed by atoms with Gasteiger partial charge in [-0.2, -0.15) is 0 Å². The third-order valence-electron chi connectivity index (χ3n) is 6.02. The number of hydrogen-bond acceptors (Lipinski definition) is 4. The number of likely N-dealkylation sites (tertiary alicyclic amines) is 1. The number of pyridine rings is 1. The number of aromatic nitrogens is 1. The predicted octanol–water partition coefficient (Wildman–Crippen LogP) is 3.40. The molecule has 2 fully saturated rings. The number of para-hydroxylation sites is 1. The maximum absolute atomic E-state index is 4.87. The highest BCUT2D eigenvalue weighted by molar-refractivity contribution is 5.92. The summed E-state index contributed by atoms with van der Waals surface area (Å²) in [5, 5.41) is 1.30. The van der Waals surface area contributed by atoms with Gasteiger partial charge in [-0.1, -0.05) is 31.5 Å². The molecule has 0 bridgehead atoms. The number of piperidine rings is 1. The van der Waals surface area contributed by atoms with Crippen molar-refractivity contribution in [3.05, 3.63) is 36.0 Å². The normalized spacial score (nSPS) is 22.8. The standard InChI is InChI=1S/C22H32N4/c1-3-7-18-16-22(20-9-4-5-10-21(20)23-18)26-14-12-25(13-15-26)19-8-6-11-24(2)17-19/h4-5,9-10,16,19H,3,6-8,11-15,17H2,1-2H3. The van der Waals surface area contributed by atoms with E-state index in [0.717, 1.165) is 37.5 Å². The molecule has 3 heterocycles. The molecule has 0 saturated carbocycles. The van der Waals surface area contributed by atoms with Crippen LogP contribution >= 0.6 is 0 Å². The fraction of sp³-hybridized carbons (Fsp3) is 0.591. The molecule has 1 aromatic carbocycles. The summed E-state index contributed by atoms with van der Waals surface area (Å²) in [5.74, 6) is 0. The SMILES string of the molecule is CCCc1cc(N2CCN(C3CCCN(C)C3)CC2)c2ccccc2n1. The van der Waals surface area contributed by atoms with Crippen LogP contribution in [0.2, 0.25) is 0 Å². The number of nitrogens with zero attached hydrogens (tertiary/aromatic N) is 4. The summed E-state index contributed by atoms with van der Waals surface area (Å²) in [5.41, 5.74) is 3.77. The van der Waals surface area contributed by atoms with E-state index in [4.69, 9.17) is 4.98 Å². The molecule has 4 rings (SSSR count). The zero-order valence-corrected chi connectivity index (χ0v) is 16.3. The lowest BCUT2D eigenvalue weighted by Gasteiger charge is -2.43. The molecular formula is C22H32N4. The number of piperazine rings is 1. The number of hydrogen-bond donors (Lipinski definition) is 0. The Balaban J connectivity index is 1.52. The van der Waals surface area contributed by atoms with Crippen molar-refractivity contribution in [1.29, 1.82) is 0 Å². The van der Waals surface area contributed by atoms with Crippen molar-refractivity contribution >= 4 is 16.6 Å². The van der Waals surface area contributed by atoms with E-state index < -0.39 is 0 Å². The molecule has 4 heteroatoms. The van der Waals surface area contributed by atoms with Gasteiger partial charge in [-0.3, -0.25) is 9.88 Å². The summed E-state index contributed by atoms with van der Waals surface area (Å²) in [7, 11) is 2.26. The minimum atomic E-state index is 0.751. The van der Waals surface area contributed by atoms with Crippen molar-refractivity contribution in [2.45, 2.75) is 38.6 Å². The first-order valence-corrected chi connectivity index (χ1v) is 10.3. The maximum atomic E-state index is 4.87. The van der Waals surface area contributed by atoms with Crippen LogP contribution in [0.1, 0.15) is 31.9 Å². The smallest absolute Gasteiger partial charge is 0.0726 e. The molecular weight excluding hydrogens is 320 g/mol. The highest BCUT2D eigenvalue weighted by atomic mass is 15.3. The van der Waals surface area contributed by atoms with Crippen molar-refractivity contribution in [1.82, 2.24) is 14.8 Å². The lowest BCUT2D eigenvalue weighted by atomic mass is 10.0. The van der Waals surface area contributed by atoms with Gasteiger partial charge in [-0.15, -0.1) is 0 Å². The summed E-state index contributed by atoms with van der Waals surface area (Å²) < 4.78 is 0. The Morgan fingerprint density at radius 2 is 1.88 bits per heavy atom. The Morgan fingerprint density at radius 1 is 1.08 bits per heavy atom. The van der Waals surface area contributed by atoms with Crippen molar-refractivity contribution in [3.8, 4) is 0 Å². The zero-order chi connectivity index (χ0) is 17.9. The van der Waals surface area contributed by atoms with Crippen LogP contribution in [-0.2, 0) is 6.42 Å². The van der Waals surface area contributed by atoms with E-state index in [9.17, 15) is 0 Å². The van der Waals surface area contributed by atoms with Crippen LogP contribution in [0.25, 0.3) is 10.9 Å². The van der Waals surface area contributed by atoms with E-state index in [1.807, 2.05) is 0 Å². The number of aryl methyl sites for hydroxylation is 1. The van der Waals surface area contributed by atoms with E-state index in [-0.39, 0.29) is 0 Å². The molecule has 140 valence electrons. The van der Waals surface area contributed by atoms with Crippen molar-refractivity contribution < 1.29 is 0 Å². The molecule has 2 aromatic rings. The van der Waals surface area contributed by atoms with E-state index >= 15 is 0 Å². The lowest BCUT2D eigenvalue weighted by molar-refractivity contribution is 0.107. The van der Waals surface area contributed by atoms with E-state index in [2.05, 4.69) is 59.0 Å². The van der Waals surface area contributed by atoms with Gasteiger partial charge in [0.05, 0.1) is 5.52 Å². The Labute approximate surface area is 157 Å². The minimum absolute atomic E-state index is 0.751. The molecule has 1 atom stereocenters. The molecule has 2 saturated heterocycles. The summed E-state index contributed by atoms with van der Waals surface area (Å²) in [6.45, 7) is 9.34. The molecule has 2 aliphatic rings. The summed E-state index contributed by atoms with van der Waals surface area (Å²) in [4.78, 5) is 12.7.